The lowest BCUT2D eigenvalue weighted by atomic mass is 9.98. The molecule has 1 aliphatic heterocycles. The molecule has 1 fully saturated rings. The van der Waals surface area contributed by atoms with Crippen molar-refractivity contribution in [3.8, 4) is 0 Å². The third-order valence-electron chi connectivity index (χ3n) is 9.75. The van der Waals surface area contributed by atoms with Crippen molar-refractivity contribution in [2.24, 2.45) is 5.73 Å². The monoisotopic (exact) mass is 883 g/mol. The van der Waals surface area contributed by atoms with Gasteiger partial charge < -0.3 is 61.3 Å². The number of fused-ring (bicyclic) bond motifs is 1. The highest BCUT2D eigenvalue weighted by Crippen LogP contribution is 2.32. The first kappa shape index (κ1) is 49.0. The number of nitrogens with two attached hydrogens (primary N) is 1. The van der Waals surface area contributed by atoms with Gasteiger partial charge in [0.05, 0.1) is 6.04 Å². The Hall–Kier alpha value is -6.68. The molecule has 0 spiro atoms. The predicted molar refractivity (Wildman–Crippen MR) is 225 cm³/mol. The van der Waals surface area contributed by atoms with E-state index in [2.05, 4.69) is 26.3 Å². The molecule has 2 aromatic heterocycles. The van der Waals surface area contributed by atoms with Gasteiger partial charge in [-0.05, 0) is 73.9 Å². The molecule has 3 aromatic rings. The third-order valence-corrected chi connectivity index (χ3v) is 9.75. The Balaban J connectivity index is 1.60. The van der Waals surface area contributed by atoms with E-state index in [-0.39, 0.29) is 6.42 Å². The minimum Gasteiger partial charge on any atom is -0.466 e. The molecule has 0 saturated carbocycles. The molecule has 0 bridgehead atoms. The zero-order valence-corrected chi connectivity index (χ0v) is 36.7. The van der Waals surface area contributed by atoms with Gasteiger partial charge in [-0.25, -0.2) is 19.2 Å². The number of esters is 1. The lowest BCUT2D eigenvalue weighted by molar-refractivity contribution is -0.157. The highest BCUT2D eigenvalue weighted by Gasteiger charge is 2.45. The summed E-state index contributed by atoms with van der Waals surface area (Å²) in [4.78, 5) is 111. The van der Waals surface area contributed by atoms with Crippen LogP contribution in [0.3, 0.4) is 0 Å². The van der Waals surface area contributed by atoms with Gasteiger partial charge in [0.15, 0.2) is 5.76 Å². The molecule has 1 aliphatic rings. The summed E-state index contributed by atoms with van der Waals surface area (Å²) >= 11 is 0. The summed E-state index contributed by atoms with van der Waals surface area (Å²) in [5.41, 5.74) is 3.36. The molecule has 3 heterocycles. The van der Waals surface area contributed by atoms with E-state index in [0.29, 0.717) is 5.56 Å². The topological polar surface area (TPSA) is 319 Å². The number of rotatable bonds is 14. The number of benzene rings is 1. The van der Waals surface area contributed by atoms with E-state index in [1.165, 1.54) is 27.8 Å². The number of likely N-dealkylation sites (N-methyl/N-ethyl adjacent to an activating group) is 1. The minimum atomic E-state index is -1.99. The predicted octanol–water partition coefficient (Wildman–Crippen LogP) is -0.106. The third kappa shape index (κ3) is 12.5. The van der Waals surface area contributed by atoms with Crippen molar-refractivity contribution in [1.82, 2.24) is 40.7 Å². The number of aliphatic hydroxyl groups is 2. The smallest absolute Gasteiger partial charge is 0.408 e. The average Bonchev–Trinajstić information content (AvgIpc) is 3.72. The first-order chi connectivity index (χ1) is 29.2. The van der Waals surface area contributed by atoms with Crippen LogP contribution in [0.4, 0.5) is 9.59 Å². The van der Waals surface area contributed by atoms with Crippen LogP contribution < -0.4 is 38.2 Å². The average molecular weight is 884 g/mol. The molecular formula is C41H57N9O13. The van der Waals surface area contributed by atoms with Gasteiger partial charge in [-0.3, -0.25) is 28.7 Å². The summed E-state index contributed by atoms with van der Waals surface area (Å²) in [7, 11) is 1.28. The van der Waals surface area contributed by atoms with E-state index >= 15 is 0 Å². The number of para-hydroxylation sites is 1. The van der Waals surface area contributed by atoms with Crippen LogP contribution in [-0.2, 0) is 39.8 Å². The van der Waals surface area contributed by atoms with Crippen molar-refractivity contribution in [2.45, 2.75) is 129 Å². The number of aromatic amines is 2. The van der Waals surface area contributed by atoms with Crippen LogP contribution in [0.15, 0.2) is 63.8 Å². The SMILES string of the molecule is C[C@H](NC(=O)N[C@@H](Cc1c[nH]c2ccccc12)C(=O)OC(C)(C)C)C(=O)N[C@H](C(=O)/C(N)=C1/O[C@@H](n2ccc(=O)[nH]c2=O)[C@H](O)[C@@H]1O)[C@H](C)N(C)C(=O)[C@H](C)NC(=O)OC(C)(C)C. The number of nitrogens with zero attached hydrogens (tertiary/aromatic N) is 2. The molecule has 0 unspecified atom stereocenters. The number of amides is 5. The second-order valence-corrected chi connectivity index (χ2v) is 17.1. The van der Waals surface area contributed by atoms with Crippen LogP contribution in [0.5, 0.6) is 0 Å². The number of ether oxygens (including phenoxy) is 3. The van der Waals surface area contributed by atoms with Gasteiger partial charge in [0, 0.05) is 42.8 Å². The zero-order valence-electron chi connectivity index (χ0n) is 36.7. The molecule has 1 aromatic carbocycles. The number of carbonyl (C=O) groups is 6. The summed E-state index contributed by atoms with van der Waals surface area (Å²) in [5.74, 6) is -4.31. The van der Waals surface area contributed by atoms with Crippen molar-refractivity contribution >= 4 is 46.6 Å². The number of alkyl carbamates (subject to hydrolysis) is 1. The number of Topliss-reactive ketones (excluding diaryl/α,β-unsaturated/α-hetero) is 1. The summed E-state index contributed by atoms with van der Waals surface area (Å²) in [6.07, 6.45) is -3.74. The number of carbonyl (C=O) groups excluding carboxylic acids is 6. The van der Waals surface area contributed by atoms with Crippen LogP contribution in [0.2, 0.25) is 0 Å². The van der Waals surface area contributed by atoms with E-state index in [9.17, 15) is 48.6 Å². The lowest BCUT2D eigenvalue weighted by Crippen LogP contribution is -2.61. The number of urea groups is 1. The largest absolute Gasteiger partial charge is 0.466 e. The highest BCUT2D eigenvalue weighted by atomic mass is 16.6. The van der Waals surface area contributed by atoms with E-state index in [4.69, 9.17) is 19.9 Å². The van der Waals surface area contributed by atoms with Crippen molar-refractivity contribution in [1.29, 1.82) is 0 Å². The molecular weight excluding hydrogens is 827 g/mol. The van der Waals surface area contributed by atoms with Crippen molar-refractivity contribution in [2.75, 3.05) is 7.05 Å². The number of aromatic nitrogens is 3. The van der Waals surface area contributed by atoms with Crippen molar-refractivity contribution in [3.05, 3.63) is 80.6 Å². The van der Waals surface area contributed by atoms with Gasteiger partial charge in [-0.1, -0.05) is 18.2 Å². The molecule has 0 aliphatic carbocycles. The number of aliphatic hydroxyl groups excluding tert-OH is 2. The Morgan fingerprint density at radius 2 is 1.54 bits per heavy atom. The summed E-state index contributed by atoms with van der Waals surface area (Å²) in [5, 5.41) is 32.5. The van der Waals surface area contributed by atoms with Gasteiger partial charge in [0.2, 0.25) is 23.8 Å². The molecule has 5 amide bonds. The molecule has 10 N–H and O–H groups in total. The maximum absolute atomic E-state index is 14.3. The lowest BCUT2D eigenvalue weighted by Gasteiger charge is -2.34. The van der Waals surface area contributed by atoms with Gasteiger partial charge in [-0.15, -0.1) is 0 Å². The molecule has 22 heteroatoms. The molecule has 1 saturated heterocycles. The van der Waals surface area contributed by atoms with Crippen molar-refractivity contribution in [3.63, 3.8) is 0 Å². The first-order valence-corrected chi connectivity index (χ1v) is 20.0. The first-order valence-electron chi connectivity index (χ1n) is 20.0. The molecule has 63 heavy (non-hydrogen) atoms. The van der Waals surface area contributed by atoms with Gasteiger partial charge in [-0.2, -0.15) is 0 Å². The van der Waals surface area contributed by atoms with Crippen LogP contribution in [0.1, 0.15) is 74.1 Å². The summed E-state index contributed by atoms with van der Waals surface area (Å²) in [6, 6.07) is 0.434. The number of ketones is 1. The van der Waals surface area contributed by atoms with Gasteiger partial charge in [0.25, 0.3) is 5.56 Å². The van der Waals surface area contributed by atoms with Crippen LogP contribution in [0, 0.1) is 0 Å². The number of hydrogen-bond donors (Lipinski definition) is 9. The maximum Gasteiger partial charge on any atom is 0.408 e. The second-order valence-electron chi connectivity index (χ2n) is 17.1. The van der Waals surface area contributed by atoms with Crippen LogP contribution >= 0.6 is 0 Å². The van der Waals surface area contributed by atoms with Crippen molar-refractivity contribution < 1.29 is 53.2 Å². The van der Waals surface area contributed by atoms with E-state index in [0.717, 1.165) is 32.6 Å². The van der Waals surface area contributed by atoms with Gasteiger partial charge in [0.1, 0.15) is 53.3 Å². The molecule has 22 nitrogen and oxygen atoms in total. The van der Waals surface area contributed by atoms with E-state index < -0.39 is 118 Å². The number of hydrogen-bond acceptors (Lipinski definition) is 14. The fraction of sp³-hybridized carbons (Fsp3) is 0.512. The number of H-pyrrole nitrogens is 2. The minimum absolute atomic E-state index is 0.0108. The standard InChI is InChI=1S/C41H57N9O13/c1-19(44-37(58)46-25(36(57)62-40(4,5)6)17-22-18-43-24-14-12-11-13-23(22)24)33(55)48-28(21(3)49(10)34(56)20(2)45-39(60)63-41(7,8)9)29(52)27(42)32-30(53)31(54)35(61-32)50-16-15-26(51)47-38(50)59/h11-16,18-21,25,28,30-31,35,43,53-54H,17,42H2,1-10H3,(H,45,60)(H,48,55)(H2,44,46,58)(H,47,51,59)/b32-27-/t19-,20-,21-,25-,28-,30-,31+,35+/m0/s1. The number of nitrogens with one attached hydrogen (secondary N) is 6. The maximum atomic E-state index is 14.3. The van der Waals surface area contributed by atoms with Crippen LogP contribution in [-0.4, -0.2) is 126 Å². The Morgan fingerprint density at radius 1 is 0.905 bits per heavy atom. The van der Waals surface area contributed by atoms with E-state index in [1.807, 2.05) is 29.2 Å². The quantitative estimate of drug-likeness (QED) is 0.0754. The summed E-state index contributed by atoms with van der Waals surface area (Å²) < 4.78 is 17.2. The molecule has 344 valence electrons. The van der Waals surface area contributed by atoms with E-state index in [1.54, 1.807) is 47.7 Å². The Morgan fingerprint density at radius 3 is 2.16 bits per heavy atom. The fourth-order valence-corrected chi connectivity index (χ4v) is 6.45. The second kappa shape index (κ2) is 19.6. The fourth-order valence-electron chi connectivity index (χ4n) is 6.45. The molecule has 0 radical (unpaired) electrons. The highest BCUT2D eigenvalue weighted by molar-refractivity contribution is 6.03. The Kier molecular flexibility index (Phi) is 15.2. The zero-order chi connectivity index (χ0) is 47.3. The normalized spacial score (nSPS) is 19.6. The molecule has 4 rings (SSSR count). The molecule has 8 atom stereocenters. The van der Waals surface area contributed by atoms with Crippen LogP contribution in [0.25, 0.3) is 10.9 Å². The summed E-state index contributed by atoms with van der Waals surface area (Å²) in [6.45, 7) is 13.9. The Bertz CT molecular complexity index is 2360. The van der Waals surface area contributed by atoms with Gasteiger partial charge >= 0.3 is 23.8 Å². The Labute approximate surface area is 361 Å².